The molecule has 1 aromatic rings. The highest BCUT2D eigenvalue weighted by Crippen LogP contribution is 2.22. The summed E-state index contributed by atoms with van der Waals surface area (Å²) < 4.78 is 0. The molecule has 0 aliphatic carbocycles. The van der Waals surface area contributed by atoms with Crippen molar-refractivity contribution < 1.29 is 14.7 Å². The number of hydrogen-bond acceptors (Lipinski definition) is 3. The standard InChI is InChI=1S/C16H21NO3/c1-16(2,3)12-6-4-11(5-7-12)14(19)15(20)17-9-8-13(18)10-17/h4-7,13,18H,8-10H2,1-3H3/t13-/m0/s1. The molecule has 1 saturated heterocycles. The number of hydrogen-bond donors (Lipinski definition) is 1. The minimum atomic E-state index is -0.523. The first kappa shape index (κ1) is 14.7. The molecule has 1 amide bonds. The van der Waals surface area contributed by atoms with Gasteiger partial charge in [0.1, 0.15) is 0 Å². The molecule has 0 saturated carbocycles. The summed E-state index contributed by atoms with van der Waals surface area (Å²) in [4.78, 5) is 25.6. The zero-order valence-corrected chi connectivity index (χ0v) is 12.2. The lowest BCUT2D eigenvalue weighted by Crippen LogP contribution is -2.35. The fraction of sp³-hybridized carbons (Fsp3) is 0.500. The van der Waals surface area contributed by atoms with Crippen LogP contribution in [0.1, 0.15) is 43.1 Å². The average molecular weight is 275 g/mol. The van der Waals surface area contributed by atoms with Crippen LogP contribution in [0.3, 0.4) is 0 Å². The van der Waals surface area contributed by atoms with Crippen molar-refractivity contribution in [2.24, 2.45) is 0 Å². The number of benzene rings is 1. The van der Waals surface area contributed by atoms with Crippen molar-refractivity contribution >= 4 is 11.7 Å². The molecular weight excluding hydrogens is 254 g/mol. The number of β-amino-alcohol motifs (C(OH)–C–C–N with tert-alkyl or cyclic N) is 1. The van der Waals surface area contributed by atoms with Crippen molar-refractivity contribution in [3.8, 4) is 0 Å². The van der Waals surface area contributed by atoms with Crippen LogP contribution in [-0.4, -0.2) is 40.9 Å². The number of amides is 1. The van der Waals surface area contributed by atoms with Crippen molar-refractivity contribution in [1.29, 1.82) is 0 Å². The Labute approximate surface area is 119 Å². The van der Waals surface area contributed by atoms with Crippen molar-refractivity contribution in [3.63, 3.8) is 0 Å². The average Bonchev–Trinajstić information content (AvgIpc) is 2.83. The second-order valence-electron chi connectivity index (χ2n) is 6.35. The van der Waals surface area contributed by atoms with E-state index >= 15 is 0 Å². The number of aliphatic hydroxyl groups excluding tert-OH is 1. The summed E-state index contributed by atoms with van der Waals surface area (Å²) in [6.45, 7) is 7.00. The van der Waals surface area contributed by atoms with Gasteiger partial charge in [-0.25, -0.2) is 0 Å². The SMILES string of the molecule is CC(C)(C)c1ccc(C(=O)C(=O)N2CC[C@H](O)C2)cc1. The molecule has 108 valence electrons. The molecule has 1 N–H and O–H groups in total. The molecule has 1 aliphatic rings. The third-order valence-electron chi connectivity index (χ3n) is 3.66. The Hall–Kier alpha value is -1.68. The molecular formula is C16H21NO3. The highest BCUT2D eigenvalue weighted by molar-refractivity contribution is 6.42. The quantitative estimate of drug-likeness (QED) is 0.661. The molecule has 0 unspecified atom stereocenters. The van der Waals surface area contributed by atoms with Crippen LogP contribution in [0.2, 0.25) is 0 Å². The first-order valence-electron chi connectivity index (χ1n) is 6.91. The van der Waals surface area contributed by atoms with Gasteiger partial charge < -0.3 is 10.0 Å². The Bertz CT molecular complexity index is 514. The van der Waals surface area contributed by atoms with Gasteiger partial charge in [0.15, 0.2) is 0 Å². The Morgan fingerprint density at radius 3 is 2.25 bits per heavy atom. The maximum absolute atomic E-state index is 12.1. The van der Waals surface area contributed by atoms with Crippen LogP contribution in [0.5, 0.6) is 0 Å². The molecule has 20 heavy (non-hydrogen) atoms. The zero-order valence-electron chi connectivity index (χ0n) is 12.2. The summed E-state index contributed by atoms with van der Waals surface area (Å²) in [6, 6.07) is 7.18. The number of ketones is 1. The van der Waals surface area contributed by atoms with Crippen LogP contribution >= 0.6 is 0 Å². The van der Waals surface area contributed by atoms with Crippen molar-refractivity contribution in [2.45, 2.75) is 38.7 Å². The Kier molecular flexibility index (Phi) is 3.95. The van der Waals surface area contributed by atoms with Gasteiger partial charge in [-0.05, 0) is 17.4 Å². The van der Waals surface area contributed by atoms with Gasteiger partial charge in [-0.3, -0.25) is 9.59 Å². The Morgan fingerprint density at radius 2 is 1.80 bits per heavy atom. The number of nitrogens with zero attached hydrogens (tertiary/aromatic N) is 1. The molecule has 0 radical (unpaired) electrons. The van der Waals surface area contributed by atoms with E-state index in [1.54, 1.807) is 12.1 Å². The molecule has 0 aromatic heterocycles. The van der Waals surface area contributed by atoms with Gasteiger partial charge in [0, 0.05) is 18.7 Å². The minimum Gasteiger partial charge on any atom is -0.391 e. The topological polar surface area (TPSA) is 57.6 Å². The first-order chi connectivity index (χ1) is 9.29. The number of carbonyl (C=O) groups excluding carboxylic acids is 2. The van der Waals surface area contributed by atoms with Gasteiger partial charge in [-0.1, -0.05) is 45.0 Å². The Balaban J connectivity index is 2.11. The fourth-order valence-electron chi connectivity index (χ4n) is 2.31. The molecule has 1 fully saturated rings. The van der Waals surface area contributed by atoms with E-state index in [9.17, 15) is 14.7 Å². The maximum atomic E-state index is 12.1. The summed E-state index contributed by atoms with van der Waals surface area (Å²) in [7, 11) is 0. The highest BCUT2D eigenvalue weighted by atomic mass is 16.3. The number of Topliss-reactive ketones (excluding diaryl/α,β-unsaturated/α-hetero) is 1. The lowest BCUT2D eigenvalue weighted by Gasteiger charge is -2.19. The molecule has 0 spiro atoms. The van der Waals surface area contributed by atoms with Crippen LogP contribution in [0.25, 0.3) is 0 Å². The summed E-state index contributed by atoms with van der Waals surface area (Å²) in [5.74, 6) is -1.02. The predicted octanol–water partition coefficient (Wildman–Crippen LogP) is 1.76. The van der Waals surface area contributed by atoms with E-state index < -0.39 is 17.8 Å². The van der Waals surface area contributed by atoms with E-state index in [0.29, 0.717) is 18.5 Å². The first-order valence-corrected chi connectivity index (χ1v) is 6.91. The van der Waals surface area contributed by atoms with E-state index in [4.69, 9.17) is 0 Å². The molecule has 1 atom stereocenters. The highest BCUT2D eigenvalue weighted by Gasteiger charge is 2.29. The Morgan fingerprint density at radius 1 is 1.20 bits per heavy atom. The normalized spacial score (nSPS) is 19.2. The van der Waals surface area contributed by atoms with Crippen molar-refractivity contribution in [3.05, 3.63) is 35.4 Å². The van der Waals surface area contributed by atoms with E-state index in [-0.39, 0.29) is 12.0 Å². The van der Waals surface area contributed by atoms with E-state index in [1.807, 2.05) is 12.1 Å². The lowest BCUT2D eigenvalue weighted by atomic mass is 9.86. The summed E-state index contributed by atoms with van der Waals surface area (Å²) in [5, 5.41) is 9.42. The van der Waals surface area contributed by atoms with E-state index in [0.717, 1.165) is 5.56 Å². The van der Waals surface area contributed by atoms with Gasteiger partial charge in [0.2, 0.25) is 5.78 Å². The summed E-state index contributed by atoms with van der Waals surface area (Å²) in [5.41, 5.74) is 1.55. The third kappa shape index (κ3) is 3.07. The monoisotopic (exact) mass is 275 g/mol. The van der Waals surface area contributed by atoms with Gasteiger partial charge in [0.05, 0.1) is 6.10 Å². The second kappa shape index (κ2) is 5.37. The molecule has 1 aliphatic heterocycles. The summed E-state index contributed by atoms with van der Waals surface area (Å²) in [6.07, 6.45) is 0.0390. The predicted molar refractivity (Wildman–Crippen MR) is 76.7 cm³/mol. The van der Waals surface area contributed by atoms with E-state index in [2.05, 4.69) is 20.8 Å². The molecule has 1 heterocycles. The van der Waals surface area contributed by atoms with Crippen LogP contribution in [0.4, 0.5) is 0 Å². The van der Waals surface area contributed by atoms with Gasteiger partial charge in [-0.15, -0.1) is 0 Å². The number of rotatable bonds is 2. The lowest BCUT2D eigenvalue weighted by molar-refractivity contribution is -0.125. The second-order valence-corrected chi connectivity index (χ2v) is 6.35. The smallest absolute Gasteiger partial charge is 0.295 e. The fourth-order valence-corrected chi connectivity index (χ4v) is 2.31. The molecule has 0 bridgehead atoms. The molecule has 4 heteroatoms. The minimum absolute atomic E-state index is 0.0185. The van der Waals surface area contributed by atoms with Gasteiger partial charge in [0.25, 0.3) is 5.91 Å². The van der Waals surface area contributed by atoms with Crippen LogP contribution in [0, 0.1) is 0 Å². The van der Waals surface area contributed by atoms with E-state index in [1.165, 1.54) is 4.90 Å². The molecule has 4 nitrogen and oxygen atoms in total. The van der Waals surface area contributed by atoms with Crippen LogP contribution in [0.15, 0.2) is 24.3 Å². The number of likely N-dealkylation sites (tertiary alicyclic amines) is 1. The van der Waals surface area contributed by atoms with Crippen molar-refractivity contribution in [1.82, 2.24) is 4.90 Å². The summed E-state index contributed by atoms with van der Waals surface area (Å²) >= 11 is 0. The van der Waals surface area contributed by atoms with Gasteiger partial charge in [-0.2, -0.15) is 0 Å². The molecule has 2 rings (SSSR count). The largest absolute Gasteiger partial charge is 0.391 e. The molecule has 1 aromatic carbocycles. The number of carbonyl (C=O) groups is 2. The van der Waals surface area contributed by atoms with Crippen LogP contribution < -0.4 is 0 Å². The number of aliphatic hydroxyl groups is 1. The maximum Gasteiger partial charge on any atom is 0.295 e. The van der Waals surface area contributed by atoms with Crippen LogP contribution in [-0.2, 0) is 10.2 Å². The third-order valence-corrected chi connectivity index (χ3v) is 3.66. The van der Waals surface area contributed by atoms with Gasteiger partial charge >= 0.3 is 0 Å². The zero-order chi connectivity index (χ0) is 14.9. The van der Waals surface area contributed by atoms with Crippen molar-refractivity contribution in [2.75, 3.05) is 13.1 Å².